The van der Waals surface area contributed by atoms with E-state index in [4.69, 9.17) is 4.74 Å². The number of quaternary nitrogens is 1. The van der Waals surface area contributed by atoms with Crippen LogP contribution in [0.2, 0.25) is 0 Å². The minimum absolute atomic E-state index is 0.000411. The van der Waals surface area contributed by atoms with Crippen LogP contribution < -0.4 is 25.2 Å². The van der Waals surface area contributed by atoms with Gasteiger partial charge in [0.2, 0.25) is 5.91 Å². The molecule has 3 N–H and O–H groups in total. The molecule has 0 radical (unpaired) electrons. The van der Waals surface area contributed by atoms with Crippen LogP contribution in [-0.2, 0) is 9.59 Å². The fourth-order valence-electron chi connectivity index (χ4n) is 3.74. The van der Waals surface area contributed by atoms with E-state index >= 15 is 0 Å². The van der Waals surface area contributed by atoms with Gasteiger partial charge in [0.25, 0.3) is 5.91 Å². The summed E-state index contributed by atoms with van der Waals surface area (Å²) in [5, 5.41) is 5.70. The molecule has 2 aromatic rings. The third-order valence-corrected chi connectivity index (χ3v) is 5.39. The first kappa shape index (κ1) is 21.6. The molecule has 1 heterocycles. The zero-order valence-electron chi connectivity index (χ0n) is 17.9. The van der Waals surface area contributed by atoms with Crippen molar-refractivity contribution in [2.75, 3.05) is 48.3 Å². The highest BCUT2D eigenvalue weighted by Crippen LogP contribution is 2.27. The number of rotatable bonds is 7. The van der Waals surface area contributed by atoms with Crippen LogP contribution in [0.4, 0.5) is 17.1 Å². The number of hydrogen-bond donors (Lipinski definition) is 3. The molecule has 1 saturated heterocycles. The van der Waals surface area contributed by atoms with Crippen LogP contribution in [-0.4, -0.2) is 50.6 Å². The number of carbonyl (C=O) groups excluding carboxylic acids is 2. The van der Waals surface area contributed by atoms with E-state index in [0.717, 1.165) is 43.3 Å². The summed E-state index contributed by atoms with van der Waals surface area (Å²) in [7, 11) is 0. The first-order chi connectivity index (χ1) is 14.5. The highest BCUT2D eigenvalue weighted by atomic mass is 16.5. The van der Waals surface area contributed by atoms with E-state index in [-0.39, 0.29) is 17.9 Å². The largest absolute Gasteiger partial charge is 0.492 e. The Morgan fingerprint density at radius 1 is 1.03 bits per heavy atom. The average molecular weight is 412 g/mol. The Labute approximate surface area is 178 Å². The lowest BCUT2D eigenvalue weighted by Crippen LogP contribution is -3.19. The van der Waals surface area contributed by atoms with Gasteiger partial charge >= 0.3 is 0 Å². The zero-order valence-corrected chi connectivity index (χ0v) is 17.9. The van der Waals surface area contributed by atoms with Crippen LogP contribution >= 0.6 is 0 Å². The zero-order chi connectivity index (χ0) is 21.5. The number of benzene rings is 2. The molecule has 0 aliphatic carbocycles. The molecule has 0 spiro atoms. The predicted molar refractivity (Wildman–Crippen MR) is 119 cm³/mol. The molecule has 2 aromatic carbocycles. The number of amides is 2. The predicted octanol–water partition coefficient (Wildman–Crippen LogP) is 1.78. The van der Waals surface area contributed by atoms with Crippen LogP contribution in [0.25, 0.3) is 0 Å². The molecule has 0 saturated carbocycles. The van der Waals surface area contributed by atoms with Crippen molar-refractivity contribution in [1.82, 2.24) is 0 Å². The van der Waals surface area contributed by atoms with E-state index < -0.39 is 0 Å². The Kier molecular flexibility index (Phi) is 7.30. The van der Waals surface area contributed by atoms with Crippen molar-refractivity contribution in [1.29, 1.82) is 0 Å². The number of para-hydroxylation sites is 2. The molecule has 0 bridgehead atoms. The summed E-state index contributed by atoms with van der Waals surface area (Å²) in [4.78, 5) is 27.4. The second kappa shape index (κ2) is 10.1. The summed E-state index contributed by atoms with van der Waals surface area (Å²) >= 11 is 0. The number of nitrogens with zero attached hydrogens (tertiary/aromatic N) is 1. The molecule has 0 unspecified atom stereocenters. The quantitative estimate of drug-likeness (QED) is 0.649. The van der Waals surface area contributed by atoms with Crippen molar-refractivity contribution < 1.29 is 19.2 Å². The summed E-state index contributed by atoms with van der Waals surface area (Å²) in [6, 6.07) is 15.1. The molecule has 7 heteroatoms. The van der Waals surface area contributed by atoms with Gasteiger partial charge in [0, 0.05) is 18.3 Å². The number of ether oxygens (including phenoxy) is 1. The van der Waals surface area contributed by atoms with Crippen LogP contribution in [0.15, 0.2) is 48.5 Å². The summed E-state index contributed by atoms with van der Waals surface area (Å²) in [6.45, 7) is 9.60. The van der Waals surface area contributed by atoms with Gasteiger partial charge in [0.1, 0.15) is 5.75 Å². The first-order valence-corrected chi connectivity index (χ1v) is 10.5. The minimum atomic E-state index is -0.149. The summed E-state index contributed by atoms with van der Waals surface area (Å²) in [5.41, 5.74) is 2.56. The van der Waals surface area contributed by atoms with Crippen molar-refractivity contribution in [3.05, 3.63) is 48.5 Å². The first-order valence-electron chi connectivity index (χ1n) is 10.5. The standard InChI is InChI=1S/C23H30N4O3/c1-4-30-22-8-6-5-7-21(22)27-15-13-26(14-16-27)17(2)23(29)25-20-11-9-19(10-12-20)24-18(3)28/h5-12,17H,4,13-16H2,1-3H3,(H,24,28)(H,25,29)/p+1/t17-/m0/s1. The maximum atomic E-state index is 12.7. The van der Waals surface area contributed by atoms with Crippen molar-refractivity contribution in [2.45, 2.75) is 26.8 Å². The smallest absolute Gasteiger partial charge is 0.282 e. The molecular formula is C23H31N4O3+. The maximum Gasteiger partial charge on any atom is 0.282 e. The summed E-state index contributed by atoms with van der Waals surface area (Å²) in [5.74, 6) is 0.796. The maximum absolute atomic E-state index is 12.7. The molecule has 160 valence electrons. The number of piperazine rings is 1. The Morgan fingerprint density at radius 3 is 2.23 bits per heavy atom. The molecular weight excluding hydrogens is 380 g/mol. The van der Waals surface area contributed by atoms with Gasteiger partial charge in [-0.25, -0.2) is 0 Å². The number of anilines is 3. The van der Waals surface area contributed by atoms with Crippen molar-refractivity contribution in [2.24, 2.45) is 0 Å². The van der Waals surface area contributed by atoms with E-state index in [2.05, 4.69) is 21.6 Å². The fraction of sp³-hybridized carbons (Fsp3) is 0.391. The van der Waals surface area contributed by atoms with Gasteiger partial charge in [0.05, 0.1) is 38.5 Å². The summed E-state index contributed by atoms with van der Waals surface area (Å²) < 4.78 is 5.76. The van der Waals surface area contributed by atoms with Crippen LogP contribution in [0.1, 0.15) is 20.8 Å². The van der Waals surface area contributed by atoms with Gasteiger partial charge in [-0.2, -0.15) is 0 Å². The van der Waals surface area contributed by atoms with Crippen molar-refractivity contribution in [3.63, 3.8) is 0 Å². The molecule has 1 atom stereocenters. The van der Waals surface area contributed by atoms with Gasteiger partial charge in [-0.1, -0.05) is 12.1 Å². The monoisotopic (exact) mass is 411 g/mol. The molecule has 3 rings (SSSR count). The molecule has 7 nitrogen and oxygen atoms in total. The van der Waals surface area contributed by atoms with Gasteiger partial charge < -0.3 is 25.2 Å². The Hall–Kier alpha value is -3.06. The average Bonchev–Trinajstić information content (AvgIpc) is 2.75. The Morgan fingerprint density at radius 2 is 1.63 bits per heavy atom. The highest BCUT2D eigenvalue weighted by Gasteiger charge is 2.30. The van der Waals surface area contributed by atoms with Gasteiger partial charge in [0.15, 0.2) is 6.04 Å². The SMILES string of the molecule is CCOc1ccccc1N1CC[NH+]([C@@H](C)C(=O)Nc2ccc(NC(C)=O)cc2)CC1. The molecule has 1 aliphatic heterocycles. The van der Waals surface area contributed by atoms with Crippen molar-refractivity contribution in [3.8, 4) is 5.75 Å². The lowest BCUT2D eigenvalue weighted by Gasteiger charge is -2.36. The third kappa shape index (κ3) is 5.51. The molecule has 1 fully saturated rings. The molecule has 2 amide bonds. The van der Waals surface area contributed by atoms with E-state index in [9.17, 15) is 9.59 Å². The van der Waals surface area contributed by atoms with Gasteiger partial charge in [-0.15, -0.1) is 0 Å². The van der Waals surface area contributed by atoms with Crippen LogP contribution in [0.5, 0.6) is 5.75 Å². The van der Waals surface area contributed by atoms with Gasteiger partial charge in [-0.05, 0) is 50.2 Å². The summed E-state index contributed by atoms with van der Waals surface area (Å²) in [6.07, 6.45) is 0. The molecule has 1 aliphatic rings. The number of carbonyl (C=O) groups is 2. The Bertz CT molecular complexity index is 861. The molecule has 0 aromatic heterocycles. The van der Waals surface area contributed by atoms with Crippen LogP contribution in [0, 0.1) is 0 Å². The number of hydrogen-bond acceptors (Lipinski definition) is 4. The third-order valence-electron chi connectivity index (χ3n) is 5.39. The second-order valence-corrected chi connectivity index (χ2v) is 7.52. The van der Waals surface area contributed by atoms with E-state index in [1.165, 1.54) is 11.8 Å². The van der Waals surface area contributed by atoms with E-state index in [1.807, 2.05) is 32.0 Å². The topological polar surface area (TPSA) is 75.1 Å². The van der Waals surface area contributed by atoms with E-state index in [0.29, 0.717) is 12.3 Å². The lowest BCUT2D eigenvalue weighted by atomic mass is 10.2. The van der Waals surface area contributed by atoms with E-state index in [1.54, 1.807) is 24.3 Å². The van der Waals surface area contributed by atoms with Gasteiger partial charge in [-0.3, -0.25) is 9.59 Å². The van der Waals surface area contributed by atoms with Crippen LogP contribution in [0.3, 0.4) is 0 Å². The van der Waals surface area contributed by atoms with Crippen molar-refractivity contribution >= 4 is 28.9 Å². The number of nitrogens with one attached hydrogen (secondary N) is 3. The second-order valence-electron chi connectivity index (χ2n) is 7.52. The normalized spacial score (nSPS) is 15.4. The minimum Gasteiger partial charge on any atom is -0.492 e. The Balaban J connectivity index is 1.54. The molecule has 30 heavy (non-hydrogen) atoms. The highest BCUT2D eigenvalue weighted by molar-refractivity contribution is 5.94. The lowest BCUT2D eigenvalue weighted by molar-refractivity contribution is -0.914. The fourth-order valence-corrected chi connectivity index (χ4v) is 3.74.